The zero-order chi connectivity index (χ0) is 13.0. The molecule has 0 saturated carbocycles. The first-order valence-electron chi connectivity index (χ1n) is 6.07. The molecule has 0 atom stereocenters. The number of halogens is 1. The van der Waals surface area contributed by atoms with Gasteiger partial charge in [-0.2, -0.15) is 0 Å². The zero-order valence-electron chi connectivity index (χ0n) is 10.7. The topological polar surface area (TPSA) is 25.2 Å². The van der Waals surface area contributed by atoms with Gasteiger partial charge in [0, 0.05) is 12.0 Å². The summed E-state index contributed by atoms with van der Waals surface area (Å²) in [5, 5.41) is 3.35. The van der Waals surface area contributed by atoms with Crippen molar-refractivity contribution in [2.75, 3.05) is 6.54 Å². The molecule has 0 aliphatic rings. The van der Waals surface area contributed by atoms with E-state index >= 15 is 0 Å². The molecule has 0 fully saturated rings. The lowest BCUT2D eigenvalue weighted by Gasteiger charge is -2.25. The van der Waals surface area contributed by atoms with Crippen LogP contribution in [0.2, 0.25) is 0 Å². The fraction of sp³-hybridized carbons (Fsp3) is 0.333. The quantitative estimate of drug-likeness (QED) is 0.875. The average molecular weight is 247 g/mol. The van der Waals surface area contributed by atoms with Gasteiger partial charge in [-0.1, -0.05) is 26.0 Å². The molecule has 0 amide bonds. The van der Waals surface area contributed by atoms with Crippen LogP contribution in [0.5, 0.6) is 0 Å². The molecule has 0 saturated heterocycles. The van der Waals surface area contributed by atoms with Crippen molar-refractivity contribution in [3.05, 3.63) is 59.8 Å². The molecule has 3 heteroatoms. The highest BCUT2D eigenvalue weighted by atomic mass is 19.1. The number of furan rings is 1. The predicted molar refractivity (Wildman–Crippen MR) is 69.8 cm³/mol. The highest BCUT2D eigenvalue weighted by molar-refractivity contribution is 5.24. The first-order valence-corrected chi connectivity index (χ1v) is 6.07. The molecule has 0 aliphatic carbocycles. The van der Waals surface area contributed by atoms with Crippen molar-refractivity contribution in [2.45, 2.75) is 25.8 Å². The number of nitrogens with one attached hydrogen (secondary N) is 1. The van der Waals surface area contributed by atoms with Crippen LogP contribution in [0.25, 0.3) is 0 Å². The van der Waals surface area contributed by atoms with Gasteiger partial charge in [0.1, 0.15) is 11.6 Å². The van der Waals surface area contributed by atoms with Crippen LogP contribution in [0, 0.1) is 5.82 Å². The Bertz CT molecular complexity index is 474. The van der Waals surface area contributed by atoms with Crippen molar-refractivity contribution in [3.63, 3.8) is 0 Å². The second-order valence-corrected chi connectivity index (χ2v) is 5.07. The average Bonchev–Trinajstić information content (AvgIpc) is 2.82. The fourth-order valence-electron chi connectivity index (χ4n) is 1.91. The Kier molecular flexibility index (Phi) is 3.82. The number of rotatable bonds is 5. The van der Waals surface area contributed by atoms with Crippen molar-refractivity contribution in [1.29, 1.82) is 0 Å². The highest BCUT2D eigenvalue weighted by Crippen LogP contribution is 2.22. The smallest absolute Gasteiger partial charge is 0.123 e. The Morgan fingerprint density at radius 1 is 1.17 bits per heavy atom. The lowest BCUT2D eigenvalue weighted by Crippen LogP contribution is -2.32. The molecule has 1 aromatic heterocycles. The first kappa shape index (κ1) is 12.8. The van der Waals surface area contributed by atoms with Crippen LogP contribution in [0.3, 0.4) is 0 Å². The summed E-state index contributed by atoms with van der Waals surface area (Å²) in [6.07, 6.45) is 1.67. The normalized spacial score (nSPS) is 11.7. The first-order chi connectivity index (χ1) is 8.58. The van der Waals surface area contributed by atoms with Gasteiger partial charge in [0.25, 0.3) is 0 Å². The lowest BCUT2D eigenvalue weighted by atomic mass is 9.84. The zero-order valence-corrected chi connectivity index (χ0v) is 10.7. The standard InChI is InChI=1S/C15H18FNO/c1-15(2,12-5-7-13(16)8-6-12)11-17-10-14-4-3-9-18-14/h3-9,17H,10-11H2,1-2H3. The van der Waals surface area contributed by atoms with Gasteiger partial charge in [0.05, 0.1) is 12.8 Å². The van der Waals surface area contributed by atoms with E-state index in [1.807, 2.05) is 24.3 Å². The molecule has 1 aromatic carbocycles. The lowest BCUT2D eigenvalue weighted by molar-refractivity contribution is 0.432. The molecule has 18 heavy (non-hydrogen) atoms. The minimum atomic E-state index is -0.196. The third-order valence-electron chi connectivity index (χ3n) is 3.07. The number of hydrogen-bond acceptors (Lipinski definition) is 2. The maximum atomic E-state index is 12.9. The van der Waals surface area contributed by atoms with Gasteiger partial charge in [0.15, 0.2) is 0 Å². The Morgan fingerprint density at radius 2 is 1.89 bits per heavy atom. The molecule has 0 unspecified atom stereocenters. The number of hydrogen-bond donors (Lipinski definition) is 1. The minimum absolute atomic E-state index is 0.0414. The Balaban J connectivity index is 1.92. The van der Waals surface area contributed by atoms with Gasteiger partial charge < -0.3 is 9.73 Å². The van der Waals surface area contributed by atoms with E-state index < -0.39 is 0 Å². The highest BCUT2D eigenvalue weighted by Gasteiger charge is 2.20. The fourth-order valence-corrected chi connectivity index (χ4v) is 1.91. The van der Waals surface area contributed by atoms with Gasteiger partial charge in [-0.25, -0.2) is 4.39 Å². The van der Waals surface area contributed by atoms with Gasteiger partial charge in [-0.15, -0.1) is 0 Å². The van der Waals surface area contributed by atoms with Crippen LogP contribution in [0.1, 0.15) is 25.2 Å². The number of benzene rings is 1. The van der Waals surface area contributed by atoms with E-state index in [0.717, 1.165) is 17.9 Å². The van der Waals surface area contributed by atoms with Crippen LogP contribution < -0.4 is 5.32 Å². The molecule has 96 valence electrons. The summed E-state index contributed by atoms with van der Waals surface area (Å²) in [6, 6.07) is 10.5. The van der Waals surface area contributed by atoms with E-state index in [9.17, 15) is 4.39 Å². The predicted octanol–water partition coefficient (Wildman–Crippen LogP) is 3.49. The Morgan fingerprint density at radius 3 is 2.50 bits per heavy atom. The van der Waals surface area contributed by atoms with E-state index in [2.05, 4.69) is 19.2 Å². The summed E-state index contributed by atoms with van der Waals surface area (Å²) < 4.78 is 18.1. The minimum Gasteiger partial charge on any atom is -0.468 e. The van der Waals surface area contributed by atoms with E-state index in [-0.39, 0.29) is 11.2 Å². The maximum Gasteiger partial charge on any atom is 0.123 e. The summed E-state index contributed by atoms with van der Waals surface area (Å²) in [6.45, 7) is 5.78. The van der Waals surface area contributed by atoms with Gasteiger partial charge in [-0.05, 0) is 29.8 Å². The van der Waals surface area contributed by atoms with Gasteiger partial charge in [-0.3, -0.25) is 0 Å². The van der Waals surface area contributed by atoms with Crippen molar-refractivity contribution < 1.29 is 8.81 Å². The van der Waals surface area contributed by atoms with E-state index in [1.54, 1.807) is 6.26 Å². The molecular formula is C15H18FNO. The summed E-state index contributed by atoms with van der Waals surface area (Å²) in [5.74, 6) is 0.725. The van der Waals surface area contributed by atoms with Crippen LogP contribution in [0.15, 0.2) is 47.1 Å². The second-order valence-electron chi connectivity index (χ2n) is 5.07. The summed E-state index contributed by atoms with van der Waals surface area (Å²) >= 11 is 0. The summed E-state index contributed by atoms with van der Waals surface area (Å²) in [7, 11) is 0. The molecule has 0 radical (unpaired) electrons. The molecule has 2 aromatic rings. The maximum absolute atomic E-state index is 12.9. The summed E-state index contributed by atoms with van der Waals surface area (Å²) in [4.78, 5) is 0. The van der Waals surface area contributed by atoms with Crippen molar-refractivity contribution in [3.8, 4) is 0 Å². The molecular weight excluding hydrogens is 229 g/mol. The van der Waals surface area contributed by atoms with Crippen LogP contribution in [-0.4, -0.2) is 6.54 Å². The van der Waals surface area contributed by atoms with Crippen LogP contribution >= 0.6 is 0 Å². The Hall–Kier alpha value is -1.61. The monoisotopic (exact) mass is 247 g/mol. The SMILES string of the molecule is CC(C)(CNCc1ccco1)c1ccc(F)cc1. The van der Waals surface area contributed by atoms with Crippen molar-refractivity contribution >= 4 is 0 Å². The molecule has 2 nitrogen and oxygen atoms in total. The molecule has 1 heterocycles. The molecule has 0 bridgehead atoms. The largest absolute Gasteiger partial charge is 0.468 e. The van der Waals surface area contributed by atoms with E-state index in [0.29, 0.717) is 6.54 Å². The molecule has 2 rings (SSSR count). The Labute approximate surface area is 107 Å². The van der Waals surface area contributed by atoms with Crippen LogP contribution in [0.4, 0.5) is 4.39 Å². The molecule has 0 spiro atoms. The van der Waals surface area contributed by atoms with E-state index in [1.165, 1.54) is 12.1 Å². The summed E-state index contributed by atoms with van der Waals surface area (Å²) in [5.41, 5.74) is 1.08. The van der Waals surface area contributed by atoms with Crippen molar-refractivity contribution in [2.24, 2.45) is 0 Å². The van der Waals surface area contributed by atoms with E-state index in [4.69, 9.17) is 4.42 Å². The van der Waals surface area contributed by atoms with Gasteiger partial charge in [0.2, 0.25) is 0 Å². The third kappa shape index (κ3) is 3.20. The van der Waals surface area contributed by atoms with Crippen LogP contribution in [-0.2, 0) is 12.0 Å². The third-order valence-corrected chi connectivity index (χ3v) is 3.07. The molecule has 0 aliphatic heterocycles. The second kappa shape index (κ2) is 5.36. The molecule has 1 N–H and O–H groups in total. The van der Waals surface area contributed by atoms with Gasteiger partial charge >= 0.3 is 0 Å². The van der Waals surface area contributed by atoms with Crippen molar-refractivity contribution in [1.82, 2.24) is 5.32 Å².